The second-order valence-corrected chi connectivity index (χ2v) is 6.44. The van der Waals surface area contributed by atoms with Crippen LogP contribution in [0.3, 0.4) is 0 Å². The molecule has 1 fully saturated rings. The molecule has 5 heteroatoms. The van der Waals surface area contributed by atoms with Crippen LogP contribution in [0.1, 0.15) is 49.9 Å². The second-order valence-electron chi connectivity index (χ2n) is 6.44. The van der Waals surface area contributed by atoms with Crippen LogP contribution in [0.25, 0.3) is 0 Å². The molecule has 1 aromatic heterocycles. The van der Waals surface area contributed by atoms with Gasteiger partial charge in [0.2, 0.25) is 0 Å². The van der Waals surface area contributed by atoms with Crippen LogP contribution >= 0.6 is 0 Å². The highest BCUT2D eigenvalue weighted by Gasteiger charge is 2.47. The van der Waals surface area contributed by atoms with Gasteiger partial charge in [-0.05, 0) is 57.9 Å². The summed E-state index contributed by atoms with van der Waals surface area (Å²) in [5.74, 6) is -0.484. The molecule has 0 amide bonds. The number of nitrogens with zero attached hydrogens (tertiary/aromatic N) is 2. The summed E-state index contributed by atoms with van der Waals surface area (Å²) >= 11 is 0. The van der Waals surface area contributed by atoms with Crippen LogP contribution in [0.5, 0.6) is 0 Å². The van der Waals surface area contributed by atoms with Gasteiger partial charge in [0.1, 0.15) is 5.54 Å². The summed E-state index contributed by atoms with van der Waals surface area (Å²) in [6.07, 6.45) is 10.3. The minimum absolute atomic E-state index is 0.210. The Balaban J connectivity index is 1.70. The first-order valence-corrected chi connectivity index (χ1v) is 8.12. The largest absolute Gasteiger partial charge is 0.480 e. The topological polar surface area (TPSA) is 67.2 Å². The van der Waals surface area contributed by atoms with E-state index in [1.165, 1.54) is 24.2 Å². The van der Waals surface area contributed by atoms with Crippen molar-refractivity contribution in [1.82, 2.24) is 14.9 Å². The first-order valence-electron chi connectivity index (χ1n) is 8.12. The number of likely N-dealkylation sites (N-methyl/N-ethyl adjacent to an activating group) is 1. The van der Waals surface area contributed by atoms with Crippen LogP contribution in [0.4, 0.5) is 0 Å². The van der Waals surface area contributed by atoms with E-state index in [9.17, 15) is 9.90 Å². The van der Waals surface area contributed by atoms with Gasteiger partial charge in [0, 0.05) is 12.2 Å². The molecular formula is C16H25N3O2. The number of carboxylic acids is 1. The third-order valence-corrected chi connectivity index (χ3v) is 5.48. The van der Waals surface area contributed by atoms with Gasteiger partial charge in [-0.15, -0.1) is 0 Å². The Morgan fingerprint density at radius 2 is 2.29 bits per heavy atom. The molecule has 0 aromatic carbocycles. The van der Waals surface area contributed by atoms with Crippen LogP contribution in [0.15, 0.2) is 6.33 Å². The van der Waals surface area contributed by atoms with E-state index in [0.29, 0.717) is 0 Å². The van der Waals surface area contributed by atoms with Crippen molar-refractivity contribution in [1.29, 1.82) is 0 Å². The van der Waals surface area contributed by atoms with Crippen molar-refractivity contribution in [2.24, 2.45) is 5.92 Å². The summed E-state index contributed by atoms with van der Waals surface area (Å²) in [6, 6.07) is 0. The Kier molecular flexibility index (Phi) is 4.02. The average Bonchev–Trinajstić information content (AvgIpc) is 3.09. The van der Waals surface area contributed by atoms with E-state index in [1.807, 2.05) is 6.33 Å². The SMILES string of the molecule is CNC1(C(=O)O)CCCC1CCn1cnc2c1CCCC2. The van der Waals surface area contributed by atoms with E-state index in [2.05, 4.69) is 14.9 Å². The number of aryl methyl sites for hydroxylation is 2. The average molecular weight is 291 g/mol. The van der Waals surface area contributed by atoms with Crippen LogP contribution in [0, 0.1) is 5.92 Å². The zero-order chi connectivity index (χ0) is 14.9. The van der Waals surface area contributed by atoms with Crippen LogP contribution in [0.2, 0.25) is 0 Å². The molecule has 5 nitrogen and oxygen atoms in total. The molecule has 0 bridgehead atoms. The summed E-state index contributed by atoms with van der Waals surface area (Å²) < 4.78 is 2.26. The summed E-state index contributed by atoms with van der Waals surface area (Å²) in [6.45, 7) is 0.893. The van der Waals surface area contributed by atoms with E-state index in [-0.39, 0.29) is 5.92 Å². The van der Waals surface area contributed by atoms with Crippen molar-refractivity contribution in [3.63, 3.8) is 0 Å². The Morgan fingerprint density at radius 1 is 1.48 bits per heavy atom. The molecule has 1 saturated carbocycles. The van der Waals surface area contributed by atoms with Crippen LogP contribution < -0.4 is 5.32 Å². The zero-order valence-corrected chi connectivity index (χ0v) is 12.8. The standard InChI is InChI=1S/C16H25N3O2/c1-17-16(15(20)21)9-4-5-12(16)8-10-19-11-18-13-6-2-3-7-14(13)19/h11-12,17H,2-10H2,1H3,(H,20,21). The molecule has 21 heavy (non-hydrogen) atoms. The first-order chi connectivity index (χ1) is 10.2. The minimum Gasteiger partial charge on any atom is -0.480 e. The molecule has 0 radical (unpaired) electrons. The Morgan fingerprint density at radius 3 is 3.05 bits per heavy atom. The molecule has 1 heterocycles. The molecule has 0 saturated heterocycles. The maximum absolute atomic E-state index is 11.7. The second kappa shape index (κ2) is 5.79. The molecule has 2 N–H and O–H groups in total. The smallest absolute Gasteiger partial charge is 0.324 e. The van der Waals surface area contributed by atoms with Crippen molar-refractivity contribution in [3.05, 3.63) is 17.7 Å². The Hall–Kier alpha value is -1.36. The zero-order valence-electron chi connectivity index (χ0n) is 12.8. The molecule has 2 aliphatic rings. The molecular weight excluding hydrogens is 266 g/mol. The number of hydrogen-bond acceptors (Lipinski definition) is 3. The van der Waals surface area contributed by atoms with Crippen molar-refractivity contribution >= 4 is 5.97 Å². The highest BCUT2D eigenvalue weighted by molar-refractivity contribution is 5.79. The lowest BCUT2D eigenvalue weighted by atomic mass is 9.84. The predicted molar refractivity (Wildman–Crippen MR) is 80.3 cm³/mol. The fraction of sp³-hybridized carbons (Fsp3) is 0.750. The fourth-order valence-electron chi connectivity index (χ4n) is 4.20. The highest BCUT2D eigenvalue weighted by atomic mass is 16.4. The fourth-order valence-corrected chi connectivity index (χ4v) is 4.20. The highest BCUT2D eigenvalue weighted by Crippen LogP contribution is 2.38. The van der Waals surface area contributed by atoms with Gasteiger partial charge in [-0.1, -0.05) is 6.42 Å². The first kappa shape index (κ1) is 14.6. The maximum atomic E-state index is 11.7. The molecule has 2 unspecified atom stereocenters. The van der Waals surface area contributed by atoms with Gasteiger partial charge < -0.3 is 15.0 Å². The number of rotatable bonds is 5. The number of aliphatic carboxylic acids is 1. The molecule has 0 spiro atoms. The van der Waals surface area contributed by atoms with Gasteiger partial charge >= 0.3 is 5.97 Å². The monoisotopic (exact) mass is 291 g/mol. The molecule has 3 rings (SSSR count). The molecule has 1 aromatic rings. The lowest BCUT2D eigenvalue weighted by molar-refractivity contribution is -0.146. The molecule has 0 aliphatic heterocycles. The van der Waals surface area contributed by atoms with E-state index >= 15 is 0 Å². The lowest BCUT2D eigenvalue weighted by Crippen LogP contribution is -2.53. The summed E-state index contributed by atoms with van der Waals surface area (Å²) in [7, 11) is 1.78. The van der Waals surface area contributed by atoms with Gasteiger partial charge in [0.05, 0.1) is 12.0 Å². The number of carbonyl (C=O) groups is 1. The summed E-state index contributed by atoms with van der Waals surface area (Å²) in [5.41, 5.74) is 1.91. The van der Waals surface area contributed by atoms with Gasteiger partial charge in [0.25, 0.3) is 0 Å². The number of hydrogen-bond donors (Lipinski definition) is 2. The van der Waals surface area contributed by atoms with Crippen molar-refractivity contribution in [3.8, 4) is 0 Å². The number of nitrogens with one attached hydrogen (secondary N) is 1. The summed E-state index contributed by atoms with van der Waals surface area (Å²) in [5, 5.41) is 12.7. The van der Waals surface area contributed by atoms with Gasteiger partial charge in [-0.2, -0.15) is 0 Å². The molecule has 116 valence electrons. The van der Waals surface area contributed by atoms with Crippen molar-refractivity contribution in [2.45, 2.75) is 63.5 Å². The quantitative estimate of drug-likeness (QED) is 0.870. The third-order valence-electron chi connectivity index (χ3n) is 5.48. The number of carboxylic acid groups (broad SMARTS) is 1. The molecule has 2 aliphatic carbocycles. The van der Waals surface area contributed by atoms with Gasteiger partial charge in [0.15, 0.2) is 0 Å². The van der Waals surface area contributed by atoms with E-state index in [4.69, 9.17) is 0 Å². The van der Waals surface area contributed by atoms with Gasteiger partial charge in [-0.25, -0.2) is 4.98 Å². The van der Waals surface area contributed by atoms with Crippen LogP contribution in [-0.4, -0.2) is 33.2 Å². The van der Waals surface area contributed by atoms with Crippen molar-refractivity contribution < 1.29 is 9.90 Å². The normalized spacial score (nSPS) is 28.5. The van der Waals surface area contributed by atoms with Crippen LogP contribution in [-0.2, 0) is 24.2 Å². The number of aromatic nitrogens is 2. The van der Waals surface area contributed by atoms with E-state index in [1.54, 1.807) is 7.05 Å². The van der Waals surface area contributed by atoms with Gasteiger partial charge in [-0.3, -0.25) is 4.79 Å². The summed E-state index contributed by atoms with van der Waals surface area (Å²) in [4.78, 5) is 16.2. The van der Waals surface area contributed by atoms with E-state index < -0.39 is 11.5 Å². The number of imidazole rings is 1. The number of fused-ring (bicyclic) bond motifs is 1. The molecule has 2 atom stereocenters. The van der Waals surface area contributed by atoms with Crippen molar-refractivity contribution in [2.75, 3.05) is 7.05 Å². The maximum Gasteiger partial charge on any atom is 0.324 e. The third kappa shape index (κ3) is 2.48. The Bertz CT molecular complexity index is 526. The minimum atomic E-state index is -0.722. The Labute approximate surface area is 125 Å². The van der Waals surface area contributed by atoms with E-state index in [0.717, 1.165) is 45.1 Å². The lowest BCUT2D eigenvalue weighted by Gasteiger charge is -2.31. The predicted octanol–water partition coefficient (Wildman–Crippen LogP) is 1.99.